The maximum atomic E-state index is 13.0. The summed E-state index contributed by atoms with van der Waals surface area (Å²) in [6.07, 6.45) is 10.9. The van der Waals surface area contributed by atoms with Crippen LogP contribution in [0.5, 0.6) is 0 Å². The maximum absolute atomic E-state index is 13.0. The summed E-state index contributed by atoms with van der Waals surface area (Å²) < 4.78 is 1.60. The molecule has 6 heteroatoms. The first-order valence-corrected chi connectivity index (χ1v) is 10.5. The van der Waals surface area contributed by atoms with Crippen molar-refractivity contribution in [3.63, 3.8) is 0 Å². The van der Waals surface area contributed by atoms with E-state index in [0.29, 0.717) is 16.8 Å². The molecule has 0 aromatic carbocycles. The first-order chi connectivity index (χ1) is 13.5. The van der Waals surface area contributed by atoms with E-state index in [1.54, 1.807) is 28.9 Å². The van der Waals surface area contributed by atoms with E-state index in [9.17, 15) is 9.59 Å². The number of aliphatic carboxylic acids is 1. The number of carbonyl (C=O) groups is 2. The number of carboxylic acids is 1. The number of rotatable bonds is 5. The molecule has 3 saturated carbocycles. The number of amides is 1. The van der Waals surface area contributed by atoms with Gasteiger partial charge in [-0.25, -0.2) is 4.52 Å². The van der Waals surface area contributed by atoms with Crippen LogP contribution in [0, 0.1) is 23.2 Å². The molecule has 3 aliphatic carbocycles. The van der Waals surface area contributed by atoms with E-state index in [-0.39, 0.29) is 17.7 Å². The molecule has 5 rings (SSSR count). The van der Waals surface area contributed by atoms with E-state index in [0.717, 1.165) is 24.3 Å². The molecule has 3 fully saturated rings. The van der Waals surface area contributed by atoms with Gasteiger partial charge in [0.2, 0.25) is 0 Å². The SMILES string of the molecule is O=C(O)Cc1cc2c(C(=O)NCC34CCC5CCC(CC5C3)C4)cccn2n1. The van der Waals surface area contributed by atoms with Gasteiger partial charge in [-0.1, -0.05) is 6.42 Å². The Morgan fingerprint density at radius 2 is 2.14 bits per heavy atom. The fraction of sp³-hybridized carbons (Fsp3) is 0.591. The number of nitrogens with one attached hydrogen (secondary N) is 1. The average Bonchev–Trinajstić information content (AvgIpc) is 3.06. The van der Waals surface area contributed by atoms with E-state index in [2.05, 4.69) is 10.4 Å². The fourth-order valence-corrected chi connectivity index (χ4v) is 6.28. The van der Waals surface area contributed by atoms with Gasteiger partial charge in [-0.3, -0.25) is 9.59 Å². The second-order valence-electron chi connectivity index (χ2n) is 9.29. The summed E-state index contributed by atoms with van der Waals surface area (Å²) in [5.41, 5.74) is 1.97. The van der Waals surface area contributed by atoms with Crippen molar-refractivity contribution in [3.8, 4) is 0 Å². The lowest BCUT2D eigenvalue weighted by Crippen LogP contribution is -2.49. The monoisotopic (exact) mass is 381 g/mol. The highest BCUT2D eigenvalue weighted by Gasteiger charge is 2.48. The molecule has 2 aromatic rings. The van der Waals surface area contributed by atoms with E-state index in [1.165, 1.54) is 44.9 Å². The Hall–Kier alpha value is -2.37. The van der Waals surface area contributed by atoms with Gasteiger partial charge in [0.15, 0.2) is 0 Å². The number of carboxylic acid groups (broad SMARTS) is 1. The standard InChI is InChI=1S/C22H27N3O3/c26-20(27)10-17-9-19-18(2-1-7-25(19)24-17)21(28)23-13-22-6-5-15-4-3-14(11-22)8-16(15)12-22/h1-2,7,9,14-16H,3-6,8,10-13H2,(H,23,28)(H,26,27). The van der Waals surface area contributed by atoms with Crippen molar-refractivity contribution in [2.24, 2.45) is 23.2 Å². The van der Waals surface area contributed by atoms with Crippen molar-refractivity contribution in [2.75, 3.05) is 6.54 Å². The topological polar surface area (TPSA) is 83.7 Å². The molecule has 28 heavy (non-hydrogen) atoms. The number of nitrogens with zero attached hydrogens (tertiary/aromatic N) is 2. The fourth-order valence-electron chi connectivity index (χ4n) is 6.28. The van der Waals surface area contributed by atoms with E-state index in [1.807, 2.05) is 0 Å². The van der Waals surface area contributed by atoms with Gasteiger partial charge in [0, 0.05) is 12.7 Å². The average molecular weight is 381 g/mol. The second-order valence-corrected chi connectivity index (χ2v) is 9.29. The van der Waals surface area contributed by atoms with Gasteiger partial charge < -0.3 is 10.4 Å². The van der Waals surface area contributed by atoms with Gasteiger partial charge >= 0.3 is 5.97 Å². The van der Waals surface area contributed by atoms with Gasteiger partial charge in [0.25, 0.3) is 5.91 Å². The van der Waals surface area contributed by atoms with Crippen LogP contribution < -0.4 is 5.32 Å². The summed E-state index contributed by atoms with van der Waals surface area (Å²) in [7, 11) is 0. The first-order valence-electron chi connectivity index (χ1n) is 10.5. The summed E-state index contributed by atoms with van der Waals surface area (Å²) in [4.78, 5) is 23.9. The molecular formula is C22H27N3O3. The molecule has 3 bridgehead atoms. The van der Waals surface area contributed by atoms with Crippen molar-refractivity contribution in [3.05, 3.63) is 35.7 Å². The minimum atomic E-state index is -0.924. The zero-order chi connectivity index (χ0) is 19.3. The Kier molecular flexibility index (Phi) is 4.18. The zero-order valence-electron chi connectivity index (χ0n) is 16.1. The van der Waals surface area contributed by atoms with Crippen molar-refractivity contribution in [1.29, 1.82) is 0 Å². The number of hydrogen-bond acceptors (Lipinski definition) is 3. The third-order valence-corrected chi connectivity index (χ3v) is 7.46. The van der Waals surface area contributed by atoms with Crippen molar-refractivity contribution < 1.29 is 14.7 Å². The number of pyridine rings is 1. The molecule has 2 heterocycles. The highest BCUT2D eigenvalue weighted by Crippen LogP contribution is 2.57. The van der Waals surface area contributed by atoms with Gasteiger partial charge in [-0.2, -0.15) is 5.10 Å². The molecule has 4 atom stereocenters. The molecule has 3 aliphatic rings. The van der Waals surface area contributed by atoms with Crippen molar-refractivity contribution in [2.45, 2.75) is 51.4 Å². The van der Waals surface area contributed by atoms with Crippen LogP contribution in [-0.2, 0) is 11.2 Å². The number of fused-ring (bicyclic) bond motifs is 3. The normalized spacial score (nSPS) is 31.1. The molecule has 0 spiro atoms. The Morgan fingerprint density at radius 3 is 3.00 bits per heavy atom. The van der Waals surface area contributed by atoms with Crippen LogP contribution in [0.15, 0.2) is 24.4 Å². The summed E-state index contributed by atoms with van der Waals surface area (Å²) in [5.74, 6) is 1.64. The number of carbonyl (C=O) groups excluding carboxylic acids is 1. The van der Waals surface area contributed by atoms with Crippen LogP contribution in [0.1, 0.15) is 61.0 Å². The van der Waals surface area contributed by atoms with E-state index >= 15 is 0 Å². The minimum absolute atomic E-state index is 0.0837. The van der Waals surface area contributed by atoms with E-state index < -0.39 is 5.97 Å². The Morgan fingerprint density at radius 1 is 1.25 bits per heavy atom. The first kappa shape index (κ1) is 17.7. The quantitative estimate of drug-likeness (QED) is 0.832. The smallest absolute Gasteiger partial charge is 0.309 e. The lowest BCUT2D eigenvalue weighted by atomic mass is 9.51. The highest BCUT2D eigenvalue weighted by atomic mass is 16.4. The third kappa shape index (κ3) is 3.09. The number of hydrogen-bond donors (Lipinski definition) is 2. The summed E-state index contributed by atoms with van der Waals surface area (Å²) >= 11 is 0. The zero-order valence-corrected chi connectivity index (χ0v) is 16.1. The predicted octanol–water partition coefficient (Wildman–Crippen LogP) is 3.30. The van der Waals surface area contributed by atoms with Gasteiger partial charge in [-0.05, 0) is 79.9 Å². The van der Waals surface area contributed by atoms with Crippen LogP contribution in [0.4, 0.5) is 0 Å². The third-order valence-electron chi connectivity index (χ3n) is 7.46. The predicted molar refractivity (Wildman–Crippen MR) is 104 cm³/mol. The molecule has 148 valence electrons. The maximum Gasteiger partial charge on any atom is 0.309 e. The molecule has 1 amide bonds. The van der Waals surface area contributed by atoms with Crippen LogP contribution in [0.2, 0.25) is 0 Å². The lowest BCUT2D eigenvalue weighted by molar-refractivity contribution is -0.136. The van der Waals surface area contributed by atoms with Crippen LogP contribution in [0.3, 0.4) is 0 Å². The van der Waals surface area contributed by atoms with Gasteiger partial charge in [0.1, 0.15) is 0 Å². The Labute approximate surface area is 164 Å². The molecule has 0 aliphatic heterocycles. The molecule has 2 aromatic heterocycles. The second kappa shape index (κ2) is 6.61. The van der Waals surface area contributed by atoms with Crippen LogP contribution >= 0.6 is 0 Å². The van der Waals surface area contributed by atoms with Crippen LogP contribution in [-0.4, -0.2) is 33.1 Å². The van der Waals surface area contributed by atoms with E-state index in [4.69, 9.17) is 5.11 Å². The molecular weight excluding hydrogens is 354 g/mol. The van der Waals surface area contributed by atoms with Crippen molar-refractivity contribution in [1.82, 2.24) is 14.9 Å². The molecule has 4 unspecified atom stereocenters. The highest BCUT2D eigenvalue weighted by molar-refractivity contribution is 6.00. The minimum Gasteiger partial charge on any atom is -0.481 e. The number of aromatic nitrogens is 2. The van der Waals surface area contributed by atoms with Crippen molar-refractivity contribution >= 4 is 17.4 Å². The lowest BCUT2D eigenvalue weighted by Gasteiger charge is -2.55. The Balaban J connectivity index is 1.33. The molecule has 6 nitrogen and oxygen atoms in total. The van der Waals surface area contributed by atoms with Gasteiger partial charge in [0.05, 0.1) is 23.2 Å². The molecule has 2 N–H and O–H groups in total. The molecule has 0 saturated heterocycles. The largest absolute Gasteiger partial charge is 0.481 e. The van der Waals surface area contributed by atoms with Crippen LogP contribution in [0.25, 0.3) is 5.52 Å². The summed E-state index contributed by atoms with van der Waals surface area (Å²) in [6, 6.07) is 5.28. The molecule has 0 radical (unpaired) electrons. The summed E-state index contributed by atoms with van der Waals surface area (Å²) in [5, 5.41) is 16.5. The van der Waals surface area contributed by atoms with Gasteiger partial charge in [-0.15, -0.1) is 0 Å². The summed E-state index contributed by atoms with van der Waals surface area (Å²) in [6.45, 7) is 0.753. The Bertz CT molecular complexity index is 932.